The summed E-state index contributed by atoms with van der Waals surface area (Å²) in [4.78, 5) is 4.55. The van der Waals surface area contributed by atoms with E-state index in [1.54, 1.807) is 23.5 Å². The first kappa shape index (κ1) is 14.4. The monoisotopic (exact) mass is 321 g/mol. The summed E-state index contributed by atoms with van der Waals surface area (Å²) in [5, 5.41) is 1.28. The van der Waals surface area contributed by atoms with Crippen LogP contribution in [-0.4, -0.2) is 4.98 Å². The number of hydrazine groups is 1. The van der Waals surface area contributed by atoms with E-state index in [0.29, 0.717) is 17.0 Å². The molecule has 21 heavy (non-hydrogen) atoms. The molecule has 1 atom stereocenters. The molecule has 3 N–H and O–H groups in total. The highest BCUT2D eigenvalue weighted by Crippen LogP contribution is 2.27. The van der Waals surface area contributed by atoms with Crippen molar-refractivity contribution in [3.63, 3.8) is 0 Å². The van der Waals surface area contributed by atoms with Gasteiger partial charge in [0, 0.05) is 17.0 Å². The van der Waals surface area contributed by atoms with Crippen molar-refractivity contribution < 1.29 is 4.39 Å². The van der Waals surface area contributed by atoms with Gasteiger partial charge in [-0.25, -0.2) is 9.37 Å². The summed E-state index contributed by atoms with van der Waals surface area (Å²) in [6.45, 7) is 0. The summed E-state index contributed by atoms with van der Waals surface area (Å²) < 4.78 is 15.1. The second-order valence-electron chi connectivity index (χ2n) is 4.66. The minimum Gasteiger partial charge on any atom is -0.271 e. The van der Waals surface area contributed by atoms with Crippen LogP contribution in [0.15, 0.2) is 42.5 Å². The number of fused-ring (bicyclic) bond motifs is 1. The number of para-hydroxylation sites is 1. The molecule has 0 aliphatic heterocycles. The molecular formula is C15H13ClFN3S. The van der Waals surface area contributed by atoms with Gasteiger partial charge in [-0.15, -0.1) is 11.3 Å². The molecule has 3 rings (SSSR count). The SMILES string of the molecule is NNC(Cc1nc2ccccc2s1)c1ccc(Cl)cc1F. The van der Waals surface area contributed by atoms with E-state index in [2.05, 4.69) is 10.4 Å². The highest BCUT2D eigenvalue weighted by atomic mass is 35.5. The number of halogens is 2. The number of nitrogens with zero attached hydrogens (tertiary/aromatic N) is 1. The fourth-order valence-electron chi connectivity index (χ4n) is 2.22. The van der Waals surface area contributed by atoms with Crippen molar-refractivity contribution in [2.24, 2.45) is 5.84 Å². The molecule has 1 unspecified atom stereocenters. The third kappa shape index (κ3) is 3.06. The molecule has 6 heteroatoms. The fraction of sp³-hybridized carbons (Fsp3) is 0.133. The summed E-state index contributed by atoms with van der Waals surface area (Å²) in [6.07, 6.45) is 0.522. The van der Waals surface area contributed by atoms with Crippen molar-refractivity contribution >= 4 is 33.2 Å². The Morgan fingerprint density at radius 1 is 1.29 bits per heavy atom. The molecule has 0 aliphatic rings. The lowest BCUT2D eigenvalue weighted by Gasteiger charge is -2.15. The number of rotatable bonds is 4. The van der Waals surface area contributed by atoms with Crippen molar-refractivity contribution in [3.8, 4) is 0 Å². The van der Waals surface area contributed by atoms with E-state index >= 15 is 0 Å². The van der Waals surface area contributed by atoms with Crippen molar-refractivity contribution in [2.45, 2.75) is 12.5 Å². The normalized spacial score (nSPS) is 12.7. The van der Waals surface area contributed by atoms with Gasteiger partial charge in [-0.2, -0.15) is 0 Å². The zero-order valence-corrected chi connectivity index (χ0v) is 12.6. The van der Waals surface area contributed by atoms with E-state index < -0.39 is 0 Å². The molecule has 2 aromatic carbocycles. The smallest absolute Gasteiger partial charge is 0.129 e. The van der Waals surface area contributed by atoms with E-state index in [1.807, 2.05) is 24.3 Å². The average molecular weight is 322 g/mol. The second-order valence-corrected chi connectivity index (χ2v) is 6.22. The van der Waals surface area contributed by atoms with Crippen LogP contribution in [-0.2, 0) is 6.42 Å². The summed E-state index contributed by atoms with van der Waals surface area (Å²) in [7, 11) is 0. The van der Waals surface area contributed by atoms with Crippen molar-refractivity contribution in [1.29, 1.82) is 0 Å². The highest BCUT2D eigenvalue weighted by molar-refractivity contribution is 7.18. The standard InChI is InChI=1S/C15H13ClFN3S/c16-9-5-6-10(11(17)7-9)13(20-18)8-15-19-12-3-1-2-4-14(12)21-15/h1-7,13,20H,8,18H2. The van der Waals surface area contributed by atoms with Crippen molar-refractivity contribution in [1.82, 2.24) is 10.4 Å². The third-order valence-electron chi connectivity index (χ3n) is 3.26. The van der Waals surface area contributed by atoms with Gasteiger partial charge < -0.3 is 0 Å². The predicted octanol–water partition coefficient (Wildman–Crippen LogP) is 3.84. The number of nitrogens with one attached hydrogen (secondary N) is 1. The summed E-state index contributed by atoms with van der Waals surface area (Å²) in [6, 6.07) is 12.2. The van der Waals surface area contributed by atoms with Gasteiger partial charge >= 0.3 is 0 Å². The maximum Gasteiger partial charge on any atom is 0.129 e. The topological polar surface area (TPSA) is 50.9 Å². The summed E-state index contributed by atoms with van der Waals surface area (Å²) in [5.41, 5.74) is 4.09. The van der Waals surface area contributed by atoms with Crippen LogP contribution in [0.2, 0.25) is 5.02 Å². The van der Waals surface area contributed by atoms with Crippen LogP contribution in [0.3, 0.4) is 0 Å². The Hall–Kier alpha value is -1.53. The van der Waals surface area contributed by atoms with E-state index in [-0.39, 0.29) is 11.9 Å². The average Bonchev–Trinajstić information content (AvgIpc) is 2.87. The van der Waals surface area contributed by atoms with E-state index in [1.165, 1.54) is 6.07 Å². The van der Waals surface area contributed by atoms with Gasteiger partial charge in [0.05, 0.1) is 21.3 Å². The molecule has 0 radical (unpaired) electrons. The van der Waals surface area contributed by atoms with Crippen LogP contribution in [0.4, 0.5) is 4.39 Å². The number of aromatic nitrogens is 1. The Morgan fingerprint density at radius 2 is 2.10 bits per heavy atom. The van der Waals surface area contributed by atoms with E-state index in [9.17, 15) is 4.39 Å². The molecule has 0 saturated heterocycles. The van der Waals surface area contributed by atoms with Crippen LogP contribution in [0.1, 0.15) is 16.6 Å². The molecule has 108 valence electrons. The minimum absolute atomic E-state index is 0.345. The third-order valence-corrected chi connectivity index (χ3v) is 4.55. The quantitative estimate of drug-likeness (QED) is 0.567. The maximum atomic E-state index is 14.0. The van der Waals surface area contributed by atoms with Gasteiger partial charge in [0.15, 0.2) is 0 Å². The fourth-order valence-corrected chi connectivity index (χ4v) is 3.40. The lowest BCUT2D eigenvalue weighted by molar-refractivity contribution is 0.510. The Balaban J connectivity index is 1.90. The van der Waals surface area contributed by atoms with Gasteiger partial charge in [-0.3, -0.25) is 11.3 Å². The van der Waals surface area contributed by atoms with Crippen LogP contribution in [0, 0.1) is 5.82 Å². The predicted molar refractivity (Wildman–Crippen MR) is 84.8 cm³/mol. The zero-order valence-electron chi connectivity index (χ0n) is 11.0. The van der Waals surface area contributed by atoms with Crippen LogP contribution in [0.5, 0.6) is 0 Å². The zero-order chi connectivity index (χ0) is 14.8. The molecule has 1 aromatic heterocycles. The number of hydrogen-bond acceptors (Lipinski definition) is 4. The molecule has 0 fully saturated rings. The van der Waals surface area contributed by atoms with Gasteiger partial charge in [-0.1, -0.05) is 29.8 Å². The minimum atomic E-state index is -0.369. The van der Waals surface area contributed by atoms with Crippen molar-refractivity contribution in [3.05, 3.63) is 63.9 Å². The second kappa shape index (κ2) is 6.07. The molecule has 1 heterocycles. The van der Waals surface area contributed by atoms with Crippen LogP contribution in [0.25, 0.3) is 10.2 Å². The number of thiazole rings is 1. The molecule has 0 amide bonds. The molecule has 0 spiro atoms. The van der Waals surface area contributed by atoms with Crippen LogP contribution < -0.4 is 11.3 Å². The van der Waals surface area contributed by atoms with Gasteiger partial charge in [0.1, 0.15) is 5.82 Å². The van der Waals surface area contributed by atoms with E-state index in [0.717, 1.165) is 15.2 Å². The first-order chi connectivity index (χ1) is 10.2. The van der Waals surface area contributed by atoms with Gasteiger partial charge in [0.2, 0.25) is 0 Å². The lowest BCUT2D eigenvalue weighted by Crippen LogP contribution is -2.30. The first-order valence-corrected chi connectivity index (χ1v) is 7.62. The molecule has 0 bridgehead atoms. The maximum absolute atomic E-state index is 14.0. The van der Waals surface area contributed by atoms with Crippen molar-refractivity contribution in [2.75, 3.05) is 0 Å². The molecule has 0 aliphatic carbocycles. The summed E-state index contributed by atoms with van der Waals surface area (Å²) >= 11 is 7.37. The number of benzene rings is 2. The van der Waals surface area contributed by atoms with Gasteiger partial charge in [0.25, 0.3) is 0 Å². The summed E-state index contributed by atoms with van der Waals surface area (Å²) in [5.74, 6) is 5.21. The van der Waals surface area contributed by atoms with Gasteiger partial charge in [-0.05, 0) is 24.3 Å². The molecule has 3 aromatic rings. The Labute approximate surface area is 130 Å². The highest BCUT2D eigenvalue weighted by Gasteiger charge is 2.17. The Bertz CT molecular complexity index is 741. The molecule has 0 saturated carbocycles. The largest absolute Gasteiger partial charge is 0.271 e. The Morgan fingerprint density at radius 3 is 2.81 bits per heavy atom. The lowest BCUT2D eigenvalue weighted by atomic mass is 10.0. The first-order valence-electron chi connectivity index (χ1n) is 6.43. The number of hydrogen-bond donors (Lipinski definition) is 2. The van der Waals surface area contributed by atoms with Crippen LogP contribution >= 0.6 is 22.9 Å². The van der Waals surface area contributed by atoms with E-state index in [4.69, 9.17) is 17.4 Å². The molecular weight excluding hydrogens is 309 g/mol. The Kier molecular flexibility index (Phi) is 4.17. The number of nitrogens with two attached hydrogens (primary N) is 1. The molecule has 3 nitrogen and oxygen atoms in total.